The van der Waals surface area contributed by atoms with E-state index < -0.39 is 0 Å². The normalized spacial score (nSPS) is 15.6. The Hall–Kier alpha value is -1.71. The first-order valence-electron chi connectivity index (χ1n) is 5.01. The summed E-state index contributed by atoms with van der Waals surface area (Å²) < 4.78 is 0. The van der Waals surface area contributed by atoms with Gasteiger partial charge in [-0.2, -0.15) is 0 Å². The maximum absolute atomic E-state index is 11.4. The SMILES string of the molecule is N=Cc1cc2c(nc1N)CCCC(=O)C2. The molecule has 0 radical (unpaired) electrons. The molecule has 0 saturated heterocycles. The molecule has 0 atom stereocenters. The number of anilines is 1. The average molecular weight is 203 g/mol. The molecule has 78 valence electrons. The van der Waals surface area contributed by atoms with Crippen molar-refractivity contribution in [3.63, 3.8) is 0 Å². The summed E-state index contributed by atoms with van der Waals surface area (Å²) in [6, 6.07) is 1.81. The number of fused-ring (bicyclic) bond motifs is 1. The molecule has 0 aromatic carbocycles. The Labute approximate surface area is 88.0 Å². The van der Waals surface area contributed by atoms with E-state index in [1.54, 1.807) is 0 Å². The first-order valence-corrected chi connectivity index (χ1v) is 5.01. The Balaban J connectivity index is 2.49. The van der Waals surface area contributed by atoms with Crippen molar-refractivity contribution in [3.8, 4) is 0 Å². The largest absolute Gasteiger partial charge is 0.383 e. The zero-order valence-corrected chi connectivity index (χ0v) is 8.42. The summed E-state index contributed by atoms with van der Waals surface area (Å²) in [6.07, 6.45) is 3.89. The summed E-state index contributed by atoms with van der Waals surface area (Å²) in [5, 5.41) is 7.18. The van der Waals surface area contributed by atoms with E-state index in [2.05, 4.69) is 4.98 Å². The molecule has 0 bridgehead atoms. The first-order chi connectivity index (χ1) is 7.20. The summed E-state index contributed by atoms with van der Waals surface area (Å²) in [5.74, 6) is 0.634. The maximum atomic E-state index is 11.4. The number of pyridine rings is 1. The first kappa shape index (κ1) is 9.83. The Bertz CT molecular complexity index is 426. The molecular weight excluding hydrogens is 190 g/mol. The maximum Gasteiger partial charge on any atom is 0.137 e. The van der Waals surface area contributed by atoms with Crippen LogP contribution in [-0.4, -0.2) is 17.0 Å². The highest BCUT2D eigenvalue weighted by Gasteiger charge is 2.16. The molecule has 1 aliphatic carbocycles. The molecular formula is C11H13N3O. The number of Topliss-reactive ketones (excluding diaryl/α,β-unsaturated/α-hetero) is 1. The monoisotopic (exact) mass is 203 g/mol. The quantitative estimate of drug-likeness (QED) is 0.530. The lowest BCUT2D eigenvalue weighted by atomic mass is 10.1. The topological polar surface area (TPSA) is 79.8 Å². The number of aromatic nitrogens is 1. The predicted molar refractivity (Wildman–Crippen MR) is 58.2 cm³/mol. The Morgan fingerprint density at radius 2 is 2.27 bits per heavy atom. The lowest BCUT2D eigenvalue weighted by Crippen LogP contribution is -2.06. The average Bonchev–Trinajstić information content (AvgIpc) is 2.37. The molecule has 0 unspecified atom stereocenters. The van der Waals surface area contributed by atoms with Crippen LogP contribution in [-0.2, 0) is 17.6 Å². The number of carbonyl (C=O) groups is 1. The van der Waals surface area contributed by atoms with Gasteiger partial charge in [-0.25, -0.2) is 4.98 Å². The molecule has 1 aromatic heterocycles. The minimum Gasteiger partial charge on any atom is -0.383 e. The van der Waals surface area contributed by atoms with Crippen molar-refractivity contribution in [1.29, 1.82) is 5.41 Å². The van der Waals surface area contributed by atoms with E-state index in [4.69, 9.17) is 11.1 Å². The van der Waals surface area contributed by atoms with Gasteiger partial charge >= 0.3 is 0 Å². The molecule has 0 spiro atoms. The van der Waals surface area contributed by atoms with Crippen LogP contribution in [0.4, 0.5) is 5.82 Å². The molecule has 0 aliphatic heterocycles. The van der Waals surface area contributed by atoms with Crippen LogP contribution < -0.4 is 5.73 Å². The minimum atomic E-state index is 0.247. The van der Waals surface area contributed by atoms with Gasteiger partial charge in [0.25, 0.3) is 0 Å². The van der Waals surface area contributed by atoms with E-state index in [-0.39, 0.29) is 5.78 Å². The van der Waals surface area contributed by atoms with Crippen molar-refractivity contribution in [1.82, 2.24) is 4.98 Å². The number of aryl methyl sites for hydroxylation is 1. The number of hydrogen-bond acceptors (Lipinski definition) is 4. The van der Waals surface area contributed by atoms with Crippen LogP contribution in [0.25, 0.3) is 0 Å². The van der Waals surface area contributed by atoms with Crippen molar-refractivity contribution < 1.29 is 4.79 Å². The molecule has 1 aliphatic rings. The van der Waals surface area contributed by atoms with E-state index in [0.29, 0.717) is 24.2 Å². The van der Waals surface area contributed by atoms with Gasteiger partial charge in [0.1, 0.15) is 11.6 Å². The molecule has 0 amide bonds. The smallest absolute Gasteiger partial charge is 0.137 e. The van der Waals surface area contributed by atoms with E-state index >= 15 is 0 Å². The molecule has 4 nitrogen and oxygen atoms in total. The van der Waals surface area contributed by atoms with Gasteiger partial charge in [0.05, 0.1) is 0 Å². The van der Waals surface area contributed by atoms with E-state index in [1.165, 1.54) is 6.21 Å². The van der Waals surface area contributed by atoms with Crippen molar-refractivity contribution >= 4 is 17.8 Å². The van der Waals surface area contributed by atoms with Gasteiger partial charge < -0.3 is 11.1 Å². The summed E-state index contributed by atoms with van der Waals surface area (Å²) >= 11 is 0. The van der Waals surface area contributed by atoms with Crippen LogP contribution in [0.1, 0.15) is 29.7 Å². The second kappa shape index (κ2) is 3.81. The molecule has 2 rings (SSSR count). The molecule has 0 fully saturated rings. The van der Waals surface area contributed by atoms with Gasteiger partial charge in [0.2, 0.25) is 0 Å². The number of carbonyl (C=O) groups excluding carboxylic acids is 1. The number of nitrogens with zero attached hydrogens (tertiary/aromatic N) is 1. The van der Waals surface area contributed by atoms with Crippen LogP contribution >= 0.6 is 0 Å². The zero-order chi connectivity index (χ0) is 10.8. The lowest BCUT2D eigenvalue weighted by molar-refractivity contribution is -0.118. The number of ketones is 1. The number of nitrogen functional groups attached to an aromatic ring is 1. The van der Waals surface area contributed by atoms with Crippen LogP contribution in [0.5, 0.6) is 0 Å². The molecule has 0 saturated carbocycles. The standard InChI is InChI=1S/C11H13N3O/c12-6-8-4-7-5-9(15)2-1-3-10(7)14-11(8)13/h4,6,12H,1-3,5H2,(H2,13,14). The van der Waals surface area contributed by atoms with Gasteiger partial charge in [-0.15, -0.1) is 0 Å². The van der Waals surface area contributed by atoms with E-state index in [0.717, 1.165) is 24.1 Å². The molecule has 1 heterocycles. The van der Waals surface area contributed by atoms with Crippen molar-refractivity contribution in [2.45, 2.75) is 25.7 Å². The molecule has 15 heavy (non-hydrogen) atoms. The molecule has 4 heteroatoms. The second-order valence-electron chi connectivity index (χ2n) is 3.78. The van der Waals surface area contributed by atoms with Crippen LogP contribution in [0.3, 0.4) is 0 Å². The number of hydrogen-bond donors (Lipinski definition) is 2. The van der Waals surface area contributed by atoms with E-state index in [9.17, 15) is 4.79 Å². The van der Waals surface area contributed by atoms with Crippen molar-refractivity contribution in [2.24, 2.45) is 0 Å². The van der Waals surface area contributed by atoms with Gasteiger partial charge in [-0.3, -0.25) is 4.79 Å². The second-order valence-corrected chi connectivity index (χ2v) is 3.78. The third kappa shape index (κ3) is 1.88. The fourth-order valence-corrected chi connectivity index (χ4v) is 1.87. The Morgan fingerprint density at radius 1 is 1.47 bits per heavy atom. The summed E-state index contributed by atoms with van der Waals surface area (Å²) in [7, 11) is 0. The number of nitrogens with two attached hydrogens (primary N) is 1. The number of rotatable bonds is 1. The number of nitrogens with one attached hydrogen (secondary N) is 1. The van der Waals surface area contributed by atoms with E-state index in [1.807, 2.05) is 6.07 Å². The summed E-state index contributed by atoms with van der Waals surface area (Å²) in [4.78, 5) is 15.7. The third-order valence-corrected chi connectivity index (χ3v) is 2.66. The lowest BCUT2D eigenvalue weighted by Gasteiger charge is -2.07. The van der Waals surface area contributed by atoms with Crippen molar-refractivity contribution in [3.05, 3.63) is 22.9 Å². The van der Waals surface area contributed by atoms with Gasteiger partial charge in [0, 0.05) is 30.3 Å². The molecule has 3 N–H and O–H groups in total. The predicted octanol–water partition coefficient (Wildman–Crippen LogP) is 1.11. The highest BCUT2D eigenvalue weighted by molar-refractivity contribution is 5.86. The highest BCUT2D eigenvalue weighted by Crippen LogP contribution is 2.20. The van der Waals surface area contributed by atoms with Crippen LogP contribution in [0, 0.1) is 5.41 Å². The Morgan fingerprint density at radius 3 is 3.00 bits per heavy atom. The van der Waals surface area contributed by atoms with Crippen LogP contribution in [0.15, 0.2) is 6.07 Å². The fourth-order valence-electron chi connectivity index (χ4n) is 1.87. The summed E-state index contributed by atoms with van der Waals surface area (Å²) in [5.41, 5.74) is 8.15. The Kier molecular flexibility index (Phi) is 2.49. The highest BCUT2D eigenvalue weighted by atomic mass is 16.1. The fraction of sp³-hybridized carbons (Fsp3) is 0.364. The van der Waals surface area contributed by atoms with Gasteiger partial charge in [-0.05, 0) is 24.5 Å². The third-order valence-electron chi connectivity index (χ3n) is 2.66. The van der Waals surface area contributed by atoms with Crippen molar-refractivity contribution in [2.75, 3.05) is 5.73 Å². The zero-order valence-electron chi connectivity index (χ0n) is 8.42. The minimum absolute atomic E-state index is 0.247. The summed E-state index contributed by atoms with van der Waals surface area (Å²) in [6.45, 7) is 0. The van der Waals surface area contributed by atoms with Crippen LogP contribution in [0.2, 0.25) is 0 Å². The molecule has 1 aromatic rings. The van der Waals surface area contributed by atoms with Gasteiger partial charge in [-0.1, -0.05) is 0 Å². The van der Waals surface area contributed by atoms with Gasteiger partial charge in [0.15, 0.2) is 0 Å².